The summed E-state index contributed by atoms with van der Waals surface area (Å²) in [6.07, 6.45) is 0. The van der Waals surface area contributed by atoms with Gasteiger partial charge in [-0.3, -0.25) is 9.52 Å². The number of carbonyl (C=O) groups excluding carboxylic acids is 1. The fourth-order valence-electron chi connectivity index (χ4n) is 2.44. The number of rotatable bonds is 6. The molecule has 6 nitrogen and oxygen atoms in total. The van der Waals surface area contributed by atoms with Crippen LogP contribution in [0.3, 0.4) is 0 Å². The zero-order valence-electron chi connectivity index (χ0n) is 14.6. The molecule has 7 heteroatoms. The van der Waals surface area contributed by atoms with Gasteiger partial charge in [0.1, 0.15) is 0 Å². The van der Waals surface area contributed by atoms with E-state index in [0.717, 1.165) is 17.1 Å². The molecule has 0 fully saturated rings. The van der Waals surface area contributed by atoms with E-state index >= 15 is 0 Å². The molecule has 138 valence electrons. The Morgan fingerprint density at radius 3 is 1.70 bits per heavy atom. The van der Waals surface area contributed by atoms with E-state index in [1.807, 2.05) is 12.1 Å². The molecule has 0 aromatic heterocycles. The van der Waals surface area contributed by atoms with Crippen molar-refractivity contribution < 1.29 is 13.2 Å². The summed E-state index contributed by atoms with van der Waals surface area (Å²) in [6, 6.07) is 22.4. The van der Waals surface area contributed by atoms with Gasteiger partial charge in [-0.15, -0.1) is 0 Å². The number of hydrogen-bond donors (Lipinski definition) is 3. The van der Waals surface area contributed by atoms with E-state index in [2.05, 4.69) is 15.4 Å². The lowest BCUT2D eigenvalue weighted by atomic mass is 10.2. The summed E-state index contributed by atoms with van der Waals surface area (Å²) in [5.41, 5.74) is 2.86. The van der Waals surface area contributed by atoms with Gasteiger partial charge in [-0.1, -0.05) is 18.2 Å². The summed E-state index contributed by atoms with van der Waals surface area (Å²) in [6.45, 7) is 1.46. The number of hydrogen-bond acceptors (Lipinski definition) is 4. The molecule has 0 heterocycles. The molecule has 27 heavy (non-hydrogen) atoms. The first-order valence-electron chi connectivity index (χ1n) is 8.25. The van der Waals surface area contributed by atoms with E-state index in [4.69, 9.17) is 0 Å². The molecule has 0 unspecified atom stereocenters. The molecule has 0 aliphatic heterocycles. The highest BCUT2D eigenvalue weighted by molar-refractivity contribution is 7.92. The lowest BCUT2D eigenvalue weighted by molar-refractivity contribution is -0.114. The van der Waals surface area contributed by atoms with Gasteiger partial charge >= 0.3 is 0 Å². The number of sulfonamides is 1. The molecule has 3 aromatic rings. The van der Waals surface area contributed by atoms with Gasteiger partial charge in [-0.05, 0) is 60.7 Å². The fraction of sp³-hybridized carbons (Fsp3) is 0.0500. The highest BCUT2D eigenvalue weighted by Crippen LogP contribution is 2.22. The monoisotopic (exact) mass is 381 g/mol. The van der Waals surface area contributed by atoms with Crippen LogP contribution in [-0.4, -0.2) is 14.3 Å². The summed E-state index contributed by atoms with van der Waals surface area (Å²) >= 11 is 0. The average molecular weight is 381 g/mol. The Bertz CT molecular complexity index is 1020. The van der Waals surface area contributed by atoms with Crippen LogP contribution in [0.4, 0.5) is 22.7 Å². The summed E-state index contributed by atoms with van der Waals surface area (Å²) in [5, 5.41) is 5.92. The van der Waals surface area contributed by atoms with E-state index in [1.54, 1.807) is 66.7 Å². The minimum atomic E-state index is -3.60. The molecule has 0 saturated carbocycles. The van der Waals surface area contributed by atoms with Gasteiger partial charge in [0.15, 0.2) is 0 Å². The SMILES string of the molecule is CC(=O)Nc1ccc(Nc2ccc(NS(=O)(=O)c3ccccc3)cc2)cc1. The van der Waals surface area contributed by atoms with Crippen molar-refractivity contribution in [2.75, 3.05) is 15.4 Å². The Labute approximate surface area is 158 Å². The Kier molecular flexibility index (Phi) is 5.42. The second kappa shape index (κ2) is 7.92. The van der Waals surface area contributed by atoms with Crippen molar-refractivity contribution in [3.63, 3.8) is 0 Å². The predicted molar refractivity (Wildman–Crippen MR) is 108 cm³/mol. The number of benzene rings is 3. The number of nitrogens with one attached hydrogen (secondary N) is 3. The highest BCUT2D eigenvalue weighted by atomic mass is 32.2. The molecule has 3 rings (SSSR count). The molecule has 3 N–H and O–H groups in total. The van der Waals surface area contributed by atoms with Gasteiger partial charge in [0, 0.05) is 29.7 Å². The first-order valence-corrected chi connectivity index (χ1v) is 9.73. The van der Waals surface area contributed by atoms with Crippen LogP contribution < -0.4 is 15.4 Å². The average Bonchev–Trinajstić information content (AvgIpc) is 2.65. The summed E-state index contributed by atoms with van der Waals surface area (Å²) in [4.78, 5) is 11.2. The fourth-order valence-corrected chi connectivity index (χ4v) is 3.52. The first kappa shape index (κ1) is 18.5. The van der Waals surface area contributed by atoms with Gasteiger partial charge in [-0.2, -0.15) is 0 Å². The Hall–Kier alpha value is -3.32. The third-order valence-corrected chi connectivity index (χ3v) is 5.08. The molecule has 3 aromatic carbocycles. The number of carbonyl (C=O) groups is 1. The van der Waals surface area contributed by atoms with Crippen molar-refractivity contribution in [1.29, 1.82) is 0 Å². The maximum atomic E-state index is 12.3. The van der Waals surface area contributed by atoms with Crippen molar-refractivity contribution in [3.05, 3.63) is 78.9 Å². The first-order chi connectivity index (χ1) is 12.9. The van der Waals surface area contributed by atoms with Gasteiger partial charge in [0.05, 0.1) is 4.90 Å². The van der Waals surface area contributed by atoms with Crippen molar-refractivity contribution in [1.82, 2.24) is 0 Å². The highest BCUT2D eigenvalue weighted by Gasteiger charge is 2.13. The van der Waals surface area contributed by atoms with Crippen LogP contribution in [0, 0.1) is 0 Å². The molecular formula is C20H19N3O3S. The molecule has 0 aliphatic rings. The van der Waals surface area contributed by atoms with E-state index in [9.17, 15) is 13.2 Å². The quantitative estimate of drug-likeness (QED) is 0.597. The molecule has 0 bridgehead atoms. The molecular weight excluding hydrogens is 362 g/mol. The lowest BCUT2D eigenvalue weighted by Crippen LogP contribution is -2.12. The summed E-state index contributed by atoms with van der Waals surface area (Å²) in [5.74, 6) is -0.121. The lowest BCUT2D eigenvalue weighted by Gasteiger charge is -2.10. The van der Waals surface area contributed by atoms with Crippen LogP contribution in [0.15, 0.2) is 83.8 Å². The topological polar surface area (TPSA) is 87.3 Å². The largest absolute Gasteiger partial charge is 0.356 e. The third-order valence-electron chi connectivity index (χ3n) is 3.68. The molecule has 0 saturated heterocycles. The van der Waals surface area contributed by atoms with Crippen molar-refractivity contribution in [2.45, 2.75) is 11.8 Å². The predicted octanol–water partition coefficient (Wildman–Crippen LogP) is 4.19. The van der Waals surface area contributed by atoms with Crippen LogP contribution in [0.2, 0.25) is 0 Å². The molecule has 0 spiro atoms. The van der Waals surface area contributed by atoms with E-state index in [0.29, 0.717) is 5.69 Å². The summed E-state index contributed by atoms with van der Waals surface area (Å²) in [7, 11) is -3.60. The van der Waals surface area contributed by atoms with E-state index in [1.165, 1.54) is 6.92 Å². The maximum absolute atomic E-state index is 12.3. The second-order valence-electron chi connectivity index (χ2n) is 5.88. The Morgan fingerprint density at radius 2 is 1.19 bits per heavy atom. The van der Waals surface area contributed by atoms with Gasteiger partial charge in [0.2, 0.25) is 5.91 Å². The standard InChI is InChI=1S/C20H19N3O3S/c1-15(24)21-16-7-9-17(10-8-16)22-18-11-13-19(14-12-18)23-27(25,26)20-5-3-2-4-6-20/h2-14,22-23H,1H3,(H,21,24). The van der Waals surface area contributed by atoms with Gasteiger partial charge < -0.3 is 10.6 Å². The van der Waals surface area contributed by atoms with Crippen LogP contribution in [0.25, 0.3) is 0 Å². The number of amides is 1. The number of anilines is 4. The maximum Gasteiger partial charge on any atom is 0.261 e. The summed E-state index contributed by atoms with van der Waals surface area (Å²) < 4.78 is 27.2. The zero-order chi connectivity index (χ0) is 19.3. The van der Waals surface area contributed by atoms with E-state index in [-0.39, 0.29) is 10.8 Å². The molecule has 0 atom stereocenters. The van der Waals surface area contributed by atoms with Crippen molar-refractivity contribution in [2.24, 2.45) is 0 Å². The molecule has 1 amide bonds. The molecule has 0 aliphatic carbocycles. The van der Waals surface area contributed by atoms with Gasteiger partial charge in [0.25, 0.3) is 10.0 Å². The Morgan fingerprint density at radius 1 is 0.704 bits per heavy atom. The minimum absolute atomic E-state index is 0.121. The normalized spacial score (nSPS) is 10.9. The van der Waals surface area contributed by atoms with Crippen LogP contribution in [0.1, 0.15) is 6.92 Å². The van der Waals surface area contributed by atoms with Crippen LogP contribution >= 0.6 is 0 Å². The Balaban J connectivity index is 1.66. The minimum Gasteiger partial charge on any atom is -0.356 e. The smallest absolute Gasteiger partial charge is 0.261 e. The van der Waals surface area contributed by atoms with Gasteiger partial charge in [-0.25, -0.2) is 8.42 Å². The van der Waals surface area contributed by atoms with Crippen molar-refractivity contribution >= 4 is 38.7 Å². The van der Waals surface area contributed by atoms with Crippen LogP contribution in [-0.2, 0) is 14.8 Å². The zero-order valence-corrected chi connectivity index (χ0v) is 15.5. The third kappa shape index (κ3) is 5.08. The van der Waals surface area contributed by atoms with Crippen LogP contribution in [0.5, 0.6) is 0 Å². The van der Waals surface area contributed by atoms with E-state index < -0.39 is 10.0 Å². The second-order valence-corrected chi connectivity index (χ2v) is 7.56. The van der Waals surface area contributed by atoms with Crippen molar-refractivity contribution in [3.8, 4) is 0 Å². The molecule has 0 radical (unpaired) electrons.